The van der Waals surface area contributed by atoms with Crippen LogP contribution in [0.1, 0.15) is 25.0 Å². The average Bonchev–Trinajstić information content (AvgIpc) is 2.59. The van der Waals surface area contributed by atoms with Gasteiger partial charge in [0.05, 0.1) is 0 Å². The van der Waals surface area contributed by atoms with Crippen molar-refractivity contribution in [3.05, 3.63) is 65.7 Å². The molecule has 1 radical (unpaired) electrons. The van der Waals surface area contributed by atoms with Gasteiger partial charge in [0, 0.05) is 64.6 Å². The molecule has 2 nitrogen and oxygen atoms in total. The molecule has 1 saturated heterocycles. The van der Waals surface area contributed by atoms with Crippen LogP contribution < -0.4 is 10.2 Å². The Morgan fingerprint density at radius 1 is 0.909 bits per heavy atom. The Kier molecular flexibility index (Phi) is 9.62. The van der Waals surface area contributed by atoms with Crippen molar-refractivity contribution in [3.63, 3.8) is 0 Å². The molecule has 1 aliphatic heterocycles. The first-order chi connectivity index (χ1) is 10.4. The maximum absolute atomic E-state index is 3.38. The van der Waals surface area contributed by atoms with Crippen LogP contribution in [-0.4, -0.2) is 26.2 Å². The van der Waals surface area contributed by atoms with E-state index in [0.29, 0.717) is 0 Å². The van der Waals surface area contributed by atoms with Crippen molar-refractivity contribution in [2.75, 3.05) is 31.1 Å². The van der Waals surface area contributed by atoms with Crippen molar-refractivity contribution in [3.8, 4) is 0 Å². The van der Waals surface area contributed by atoms with Crippen molar-refractivity contribution in [1.82, 2.24) is 5.32 Å². The van der Waals surface area contributed by atoms with E-state index in [1.807, 2.05) is 26.0 Å². The normalized spacial score (nSPS) is 13.6. The van der Waals surface area contributed by atoms with E-state index in [-0.39, 0.29) is 32.7 Å². The van der Waals surface area contributed by atoms with Crippen LogP contribution in [0.3, 0.4) is 0 Å². The van der Waals surface area contributed by atoms with Crippen molar-refractivity contribution >= 4 is 5.69 Å². The minimum atomic E-state index is 0. The summed E-state index contributed by atoms with van der Waals surface area (Å²) >= 11 is 0. The smallest absolute Gasteiger partial charge is 0.0367 e. The molecule has 22 heavy (non-hydrogen) atoms. The van der Waals surface area contributed by atoms with Crippen molar-refractivity contribution in [1.29, 1.82) is 0 Å². The number of benzene rings is 2. The van der Waals surface area contributed by atoms with Crippen molar-refractivity contribution in [2.45, 2.75) is 20.3 Å². The third-order valence-electron chi connectivity index (χ3n) is 3.61. The van der Waals surface area contributed by atoms with Crippen LogP contribution >= 0.6 is 0 Å². The molecule has 0 amide bonds. The Balaban J connectivity index is 0.000000775. The largest absolute Gasteiger partial charge is 0.369 e. The average molecular weight is 370 g/mol. The molecular weight excluding hydrogens is 345 g/mol. The zero-order valence-electron chi connectivity index (χ0n) is 13.7. The number of piperazine rings is 1. The van der Waals surface area contributed by atoms with E-state index in [1.54, 1.807) is 0 Å². The van der Waals surface area contributed by atoms with E-state index >= 15 is 0 Å². The summed E-state index contributed by atoms with van der Waals surface area (Å²) in [4.78, 5) is 2.44. The summed E-state index contributed by atoms with van der Waals surface area (Å²) < 4.78 is 0. The van der Waals surface area contributed by atoms with Crippen LogP contribution in [0.25, 0.3) is 0 Å². The van der Waals surface area contributed by atoms with Crippen LogP contribution in [-0.2, 0) is 39.1 Å². The topological polar surface area (TPSA) is 15.3 Å². The predicted octanol–water partition coefficient (Wildman–Crippen LogP) is 3.51. The maximum atomic E-state index is 3.38. The molecular formula is C19H25N2Y-. The number of rotatable bonds is 3. The van der Waals surface area contributed by atoms with Crippen LogP contribution in [0.4, 0.5) is 5.69 Å². The first kappa shape index (κ1) is 19.4. The van der Waals surface area contributed by atoms with E-state index in [0.717, 1.165) is 32.6 Å². The minimum Gasteiger partial charge on any atom is -0.369 e. The molecule has 1 heterocycles. The van der Waals surface area contributed by atoms with Crippen LogP contribution in [0, 0.1) is 6.07 Å². The Bertz CT molecular complexity index is 505. The fourth-order valence-electron chi connectivity index (χ4n) is 2.52. The molecule has 0 saturated carbocycles. The molecule has 0 aromatic heterocycles. The standard InChI is InChI=1S/C17H19N2.C2H6.Y/c1-2-4-15(5-3-1)14-16-6-8-17(9-7-16)19-12-10-18-11-13-19;1-2;/h2-9,18H,10-14H2;1-2H3;/q-1;;. The van der Waals surface area contributed by atoms with Gasteiger partial charge < -0.3 is 10.2 Å². The third kappa shape index (κ3) is 5.83. The second kappa shape index (κ2) is 10.9. The van der Waals surface area contributed by atoms with Gasteiger partial charge in [-0.2, -0.15) is 35.9 Å². The molecule has 0 aliphatic carbocycles. The van der Waals surface area contributed by atoms with Crippen molar-refractivity contribution < 1.29 is 32.7 Å². The molecule has 0 atom stereocenters. The van der Waals surface area contributed by atoms with E-state index in [2.05, 4.69) is 52.7 Å². The molecule has 0 unspecified atom stereocenters. The van der Waals surface area contributed by atoms with Gasteiger partial charge in [-0.05, 0) is 24.1 Å². The number of anilines is 1. The molecule has 1 aliphatic rings. The van der Waals surface area contributed by atoms with Gasteiger partial charge >= 0.3 is 0 Å². The van der Waals surface area contributed by atoms with Crippen LogP contribution in [0.5, 0.6) is 0 Å². The second-order valence-electron chi connectivity index (χ2n) is 4.99. The summed E-state index contributed by atoms with van der Waals surface area (Å²) in [5.74, 6) is 0. The molecule has 3 heteroatoms. The summed E-state index contributed by atoms with van der Waals surface area (Å²) in [6.45, 7) is 8.38. The summed E-state index contributed by atoms with van der Waals surface area (Å²) in [5.41, 5.74) is 4.05. The Hall–Kier alpha value is -0.696. The number of nitrogens with one attached hydrogen (secondary N) is 1. The quantitative estimate of drug-likeness (QED) is 0.832. The molecule has 115 valence electrons. The van der Waals surface area contributed by atoms with Crippen molar-refractivity contribution in [2.24, 2.45) is 0 Å². The zero-order chi connectivity index (χ0) is 14.9. The van der Waals surface area contributed by atoms with Gasteiger partial charge in [0.15, 0.2) is 0 Å². The number of hydrogen-bond acceptors (Lipinski definition) is 2. The molecule has 1 fully saturated rings. The predicted molar refractivity (Wildman–Crippen MR) is 91.0 cm³/mol. The second-order valence-corrected chi connectivity index (χ2v) is 4.99. The molecule has 2 aromatic rings. The van der Waals surface area contributed by atoms with Crippen LogP contribution in [0.15, 0.2) is 48.5 Å². The summed E-state index contributed by atoms with van der Waals surface area (Å²) in [7, 11) is 0. The van der Waals surface area contributed by atoms with Gasteiger partial charge in [0.2, 0.25) is 0 Å². The van der Waals surface area contributed by atoms with E-state index in [1.165, 1.54) is 16.8 Å². The van der Waals surface area contributed by atoms with Gasteiger partial charge in [-0.15, -0.1) is 0 Å². The van der Waals surface area contributed by atoms with Crippen LogP contribution in [0.2, 0.25) is 0 Å². The molecule has 3 rings (SSSR count). The molecule has 0 spiro atoms. The van der Waals surface area contributed by atoms with Gasteiger partial charge in [-0.3, -0.25) is 0 Å². The Morgan fingerprint density at radius 2 is 1.45 bits per heavy atom. The molecule has 0 bridgehead atoms. The maximum Gasteiger partial charge on any atom is 0.0367 e. The van der Waals surface area contributed by atoms with E-state index in [4.69, 9.17) is 0 Å². The molecule has 1 N–H and O–H groups in total. The van der Waals surface area contributed by atoms with Gasteiger partial charge in [-0.25, -0.2) is 0 Å². The summed E-state index contributed by atoms with van der Waals surface area (Å²) in [6.07, 6.45) is 0.997. The van der Waals surface area contributed by atoms with Gasteiger partial charge in [-0.1, -0.05) is 26.0 Å². The summed E-state index contributed by atoms with van der Waals surface area (Å²) in [5, 5.41) is 3.38. The fraction of sp³-hybridized carbons (Fsp3) is 0.368. The molecule has 2 aromatic carbocycles. The minimum absolute atomic E-state index is 0. The Morgan fingerprint density at radius 3 is 2.05 bits per heavy atom. The van der Waals surface area contributed by atoms with Gasteiger partial charge in [0.25, 0.3) is 0 Å². The number of nitrogens with zero attached hydrogens (tertiary/aromatic N) is 1. The first-order valence-electron chi connectivity index (χ1n) is 7.91. The summed E-state index contributed by atoms with van der Waals surface area (Å²) in [6, 6.07) is 20.2. The number of hydrogen-bond donors (Lipinski definition) is 1. The van der Waals surface area contributed by atoms with E-state index in [9.17, 15) is 0 Å². The van der Waals surface area contributed by atoms with Gasteiger partial charge in [0.1, 0.15) is 0 Å². The fourth-order valence-corrected chi connectivity index (χ4v) is 2.52. The van der Waals surface area contributed by atoms with E-state index < -0.39 is 0 Å². The SMILES string of the molecule is CC.[Y].[c-]1ccc(Cc2ccc(N3CCNCC3)cc2)cc1. The monoisotopic (exact) mass is 370 g/mol. The zero-order valence-corrected chi connectivity index (χ0v) is 16.5. The Labute approximate surface area is 160 Å². The third-order valence-corrected chi connectivity index (χ3v) is 3.61. The first-order valence-corrected chi connectivity index (χ1v) is 7.91.